The second-order valence-corrected chi connectivity index (χ2v) is 4.75. The highest BCUT2D eigenvalue weighted by Gasteiger charge is 2.36. The number of benzene rings is 1. The van der Waals surface area contributed by atoms with Crippen LogP contribution in [-0.4, -0.2) is 11.4 Å². The maximum atomic E-state index is 12.9. The first-order chi connectivity index (χ1) is 8.31. The van der Waals surface area contributed by atoms with Gasteiger partial charge in [-0.3, -0.25) is 0 Å². The maximum absolute atomic E-state index is 12.9. The Hall–Kier alpha value is -0.810. The first kappa shape index (κ1) is 15.2. The Kier molecular flexibility index (Phi) is 4.99. The van der Waals surface area contributed by atoms with Crippen LogP contribution < -0.4 is 4.74 Å². The quantitative estimate of drug-likeness (QED) is 0.594. The lowest BCUT2D eigenvalue weighted by molar-refractivity contribution is -0.138. The Morgan fingerprint density at radius 3 is 2.39 bits per heavy atom. The Labute approximate surface area is 114 Å². The number of hydrogen-bond donors (Lipinski definition) is 0. The van der Waals surface area contributed by atoms with Crippen LogP contribution in [0.4, 0.5) is 13.2 Å². The highest BCUT2D eigenvalue weighted by molar-refractivity contribution is 7.83. The van der Waals surface area contributed by atoms with Crippen molar-refractivity contribution in [3.05, 3.63) is 28.8 Å². The molecule has 0 unspecified atom stereocenters. The smallest absolute Gasteiger partial charge is 0.419 e. The van der Waals surface area contributed by atoms with Gasteiger partial charge in [0, 0.05) is 5.56 Å². The van der Waals surface area contributed by atoms with Crippen LogP contribution in [-0.2, 0) is 12.6 Å². The van der Waals surface area contributed by atoms with E-state index in [1.54, 1.807) is 6.07 Å². The van der Waals surface area contributed by atoms with Crippen LogP contribution in [0.15, 0.2) is 12.1 Å². The molecule has 6 heteroatoms. The molecule has 0 aliphatic rings. The molecule has 0 saturated heterocycles. The van der Waals surface area contributed by atoms with Crippen LogP contribution in [0.3, 0.4) is 0 Å². The van der Waals surface area contributed by atoms with E-state index < -0.39 is 11.7 Å². The summed E-state index contributed by atoms with van der Waals surface area (Å²) in [4.78, 5) is 0. The van der Waals surface area contributed by atoms with Crippen LogP contribution in [0.5, 0.6) is 5.75 Å². The molecule has 0 fully saturated rings. The molecule has 0 aliphatic heterocycles. The van der Waals surface area contributed by atoms with Crippen molar-refractivity contribution in [2.75, 3.05) is 7.11 Å². The third-order valence-corrected chi connectivity index (χ3v) is 2.88. The number of hydrogen-bond acceptors (Lipinski definition) is 2. The van der Waals surface area contributed by atoms with Crippen molar-refractivity contribution in [2.24, 2.45) is 0 Å². The molecule has 0 radical (unpaired) electrons. The van der Waals surface area contributed by atoms with Gasteiger partial charge in [-0.1, -0.05) is 37.2 Å². The minimum atomic E-state index is -4.49. The molecule has 0 saturated carbocycles. The van der Waals surface area contributed by atoms with Crippen molar-refractivity contribution in [1.29, 1.82) is 0 Å². The number of rotatable bonds is 4. The summed E-state index contributed by atoms with van der Waals surface area (Å²) in [6.45, 7) is 1.87. The van der Waals surface area contributed by atoms with Gasteiger partial charge in [-0.05, 0) is 24.1 Å². The highest BCUT2D eigenvalue weighted by Crippen LogP contribution is 2.39. The van der Waals surface area contributed by atoms with E-state index in [1.807, 2.05) is 6.92 Å². The molecular formula is C12H12ClF3OS. The van der Waals surface area contributed by atoms with Crippen LogP contribution in [0.2, 0.25) is 0 Å². The second-order valence-electron chi connectivity index (χ2n) is 3.74. The van der Waals surface area contributed by atoms with Gasteiger partial charge in [0.1, 0.15) is 10.1 Å². The average Bonchev–Trinajstić information content (AvgIpc) is 2.27. The summed E-state index contributed by atoms with van der Waals surface area (Å²) in [7, 11) is 1.22. The summed E-state index contributed by atoms with van der Waals surface area (Å²) in [5.74, 6) is -0.152. The molecule has 1 nitrogen and oxygen atoms in total. The number of methoxy groups -OCH3 is 1. The molecule has 1 aromatic rings. The lowest BCUT2D eigenvalue weighted by atomic mass is 10.0. The first-order valence-electron chi connectivity index (χ1n) is 5.29. The highest BCUT2D eigenvalue weighted by atomic mass is 35.5. The van der Waals surface area contributed by atoms with Crippen LogP contribution in [0.25, 0.3) is 0 Å². The third kappa shape index (κ3) is 3.36. The molecule has 0 aliphatic carbocycles. The molecule has 0 N–H and O–H groups in total. The predicted molar refractivity (Wildman–Crippen MR) is 69.5 cm³/mol. The zero-order valence-corrected chi connectivity index (χ0v) is 11.5. The van der Waals surface area contributed by atoms with Crippen molar-refractivity contribution in [3.63, 3.8) is 0 Å². The first-order valence-corrected chi connectivity index (χ1v) is 6.07. The fourth-order valence-electron chi connectivity index (χ4n) is 1.71. The predicted octanol–water partition coefficient (Wildman–Crippen LogP) is 4.58. The molecule has 0 spiro atoms. The van der Waals surface area contributed by atoms with E-state index in [2.05, 4.69) is 0 Å². The van der Waals surface area contributed by atoms with Crippen molar-refractivity contribution in [2.45, 2.75) is 25.9 Å². The van der Waals surface area contributed by atoms with Crippen molar-refractivity contribution < 1.29 is 17.9 Å². The second kappa shape index (κ2) is 5.89. The summed E-state index contributed by atoms with van der Waals surface area (Å²) in [5, 5.41) is 0. The molecule has 100 valence electrons. The van der Waals surface area contributed by atoms with Gasteiger partial charge < -0.3 is 4.74 Å². The summed E-state index contributed by atoms with van der Waals surface area (Å²) >= 11 is 10.3. The van der Waals surface area contributed by atoms with Gasteiger partial charge in [0.15, 0.2) is 0 Å². The van der Waals surface area contributed by atoms with Gasteiger partial charge in [0.05, 0.1) is 12.7 Å². The minimum Gasteiger partial charge on any atom is -0.496 e. The lowest BCUT2D eigenvalue weighted by Crippen LogP contribution is -2.11. The van der Waals surface area contributed by atoms with Crippen LogP contribution in [0.1, 0.15) is 30.0 Å². The SMILES string of the molecule is CCCc1cc(C(=S)Cl)cc(C(F)(F)F)c1OC. The zero-order valence-electron chi connectivity index (χ0n) is 9.90. The Morgan fingerprint density at radius 2 is 2.00 bits per heavy atom. The van der Waals surface area contributed by atoms with E-state index in [-0.39, 0.29) is 15.6 Å². The van der Waals surface area contributed by atoms with Gasteiger partial charge in [0.25, 0.3) is 0 Å². The molecule has 1 aromatic carbocycles. The number of halogens is 4. The van der Waals surface area contributed by atoms with Crippen molar-refractivity contribution >= 4 is 28.1 Å². The Balaban J connectivity index is 3.51. The van der Waals surface area contributed by atoms with Gasteiger partial charge in [-0.2, -0.15) is 13.2 Å². The molecule has 0 bridgehead atoms. The molecule has 0 aromatic heterocycles. The standard InChI is InChI=1S/C12H12ClF3OS/c1-3-4-7-5-8(11(13)18)6-9(10(7)17-2)12(14,15)16/h5-6H,3-4H2,1-2H3. The summed E-state index contributed by atoms with van der Waals surface area (Å²) in [5.41, 5.74) is -0.176. The number of aryl methyl sites for hydroxylation is 1. The van der Waals surface area contributed by atoms with E-state index in [0.717, 1.165) is 6.07 Å². The number of ether oxygens (including phenoxy) is 1. The van der Waals surface area contributed by atoms with Crippen molar-refractivity contribution in [3.8, 4) is 5.75 Å². The van der Waals surface area contributed by atoms with E-state index in [4.69, 9.17) is 28.6 Å². The van der Waals surface area contributed by atoms with E-state index in [1.165, 1.54) is 7.11 Å². The van der Waals surface area contributed by atoms with Gasteiger partial charge in [-0.25, -0.2) is 0 Å². The molecular weight excluding hydrogens is 285 g/mol. The average molecular weight is 297 g/mol. The summed E-state index contributed by atoms with van der Waals surface area (Å²) < 4.78 is 43.6. The Bertz CT molecular complexity index is 457. The molecule has 0 heterocycles. The fraction of sp³-hybridized carbons (Fsp3) is 0.417. The van der Waals surface area contributed by atoms with Crippen LogP contribution in [0, 0.1) is 0 Å². The molecule has 1 rings (SSSR count). The fourth-order valence-corrected chi connectivity index (χ4v) is 1.94. The zero-order chi connectivity index (χ0) is 13.9. The van der Waals surface area contributed by atoms with E-state index in [9.17, 15) is 13.2 Å². The monoisotopic (exact) mass is 296 g/mol. The van der Waals surface area contributed by atoms with Gasteiger partial charge >= 0.3 is 6.18 Å². The lowest BCUT2D eigenvalue weighted by Gasteiger charge is -2.17. The third-order valence-electron chi connectivity index (χ3n) is 2.42. The normalized spacial score (nSPS) is 11.4. The topological polar surface area (TPSA) is 9.23 Å². The van der Waals surface area contributed by atoms with Gasteiger partial charge in [-0.15, -0.1) is 0 Å². The number of alkyl halides is 3. The maximum Gasteiger partial charge on any atom is 0.419 e. The largest absolute Gasteiger partial charge is 0.496 e. The van der Waals surface area contributed by atoms with Gasteiger partial charge in [0.2, 0.25) is 0 Å². The van der Waals surface area contributed by atoms with Crippen LogP contribution >= 0.6 is 23.8 Å². The Morgan fingerprint density at radius 1 is 1.39 bits per heavy atom. The summed E-state index contributed by atoms with van der Waals surface area (Å²) in [6, 6.07) is 2.47. The van der Waals surface area contributed by atoms with E-state index >= 15 is 0 Å². The summed E-state index contributed by atoms with van der Waals surface area (Å²) in [6.07, 6.45) is -3.32. The van der Waals surface area contributed by atoms with E-state index in [0.29, 0.717) is 18.4 Å². The van der Waals surface area contributed by atoms with Crippen molar-refractivity contribution in [1.82, 2.24) is 0 Å². The molecule has 0 amide bonds. The number of thiocarbonyl (C=S) groups is 1. The molecule has 18 heavy (non-hydrogen) atoms. The molecule has 0 atom stereocenters. The minimum absolute atomic E-state index is 0.0829.